The molecule has 0 aliphatic carbocycles. The zero-order valence-corrected chi connectivity index (χ0v) is 33.1. The first kappa shape index (κ1) is 39.7. The van der Waals surface area contributed by atoms with Crippen molar-refractivity contribution in [1.29, 1.82) is 0 Å². The lowest BCUT2D eigenvalue weighted by Gasteiger charge is -2.33. The first-order chi connectivity index (χ1) is 28.7. The average molecular weight is 819 g/mol. The fraction of sp³-hybridized carbons (Fsp3) is 0.349. The number of hydrogen-bond acceptors (Lipinski definition) is 11. The number of halogens is 1. The monoisotopic (exact) mass is 818 g/mol. The third-order valence-electron chi connectivity index (χ3n) is 11.0. The molecule has 0 saturated carbocycles. The summed E-state index contributed by atoms with van der Waals surface area (Å²) in [6.07, 6.45) is 7.87. The predicted molar refractivity (Wildman–Crippen MR) is 218 cm³/mol. The van der Waals surface area contributed by atoms with Gasteiger partial charge < -0.3 is 15.4 Å². The maximum atomic E-state index is 15.0. The van der Waals surface area contributed by atoms with Crippen molar-refractivity contribution in [3.63, 3.8) is 0 Å². The van der Waals surface area contributed by atoms with Gasteiger partial charge in [0, 0.05) is 36.4 Å². The second-order valence-corrected chi connectivity index (χ2v) is 16.1. The SMILES string of the molecule is Nc1ncnc2c1c(-c1ccc(Oc3ccccc3)cc1)nn2[C@@H]1CCCN(C(=O)CCCCCCCSc2cc3c(cc2F)C(=O)N(C2CCC(=O)NC2=O)C3=O)C1. The number of thioether (sulfide) groups is 1. The van der Waals surface area contributed by atoms with Crippen LogP contribution in [0.25, 0.3) is 22.3 Å². The molecule has 5 heterocycles. The van der Waals surface area contributed by atoms with Gasteiger partial charge in [0.2, 0.25) is 17.7 Å². The molecule has 1 unspecified atom stereocenters. The number of nitrogens with zero attached hydrogens (tertiary/aromatic N) is 6. The molecule has 16 heteroatoms. The number of anilines is 1. The minimum Gasteiger partial charge on any atom is -0.457 e. The zero-order chi connectivity index (χ0) is 41.0. The van der Waals surface area contributed by atoms with E-state index in [0.717, 1.165) is 67.2 Å². The van der Waals surface area contributed by atoms with Gasteiger partial charge in [0.25, 0.3) is 11.8 Å². The minimum atomic E-state index is -1.10. The molecular formula is C43H43FN8O6S. The van der Waals surface area contributed by atoms with E-state index in [1.165, 1.54) is 24.2 Å². The molecule has 2 fully saturated rings. The summed E-state index contributed by atoms with van der Waals surface area (Å²) in [5, 5.41) is 7.85. The normalized spacial score (nSPS) is 18.1. The van der Waals surface area contributed by atoms with Crippen molar-refractivity contribution in [2.75, 3.05) is 24.6 Å². The number of nitrogen functional groups attached to an aromatic ring is 1. The van der Waals surface area contributed by atoms with E-state index in [4.69, 9.17) is 15.6 Å². The second kappa shape index (κ2) is 17.4. The van der Waals surface area contributed by atoms with Crippen molar-refractivity contribution in [1.82, 2.24) is 34.9 Å². The Morgan fingerprint density at radius 3 is 2.41 bits per heavy atom. The van der Waals surface area contributed by atoms with E-state index in [1.54, 1.807) is 0 Å². The first-order valence-corrected chi connectivity index (χ1v) is 20.9. The van der Waals surface area contributed by atoms with Gasteiger partial charge in [-0.05, 0) is 86.4 Å². The van der Waals surface area contributed by atoms with Gasteiger partial charge in [-0.2, -0.15) is 5.10 Å². The van der Waals surface area contributed by atoms with Crippen LogP contribution in [-0.2, 0) is 14.4 Å². The summed E-state index contributed by atoms with van der Waals surface area (Å²) in [5.41, 5.74) is 8.53. The summed E-state index contributed by atoms with van der Waals surface area (Å²) in [4.78, 5) is 75.2. The summed E-state index contributed by atoms with van der Waals surface area (Å²) >= 11 is 1.27. The molecule has 3 aliphatic rings. The van der Waals surface area contributed by atoms with E-state index in [1.807, 2.05) is 64.2 Å². The van der Waals surface area contributed by atoms with Crippen molar-refractivity contribution in [3.05, 3.63) is 90.0 Å². The molecule has 2 aromatic heterocycles. The third-order valence-corrected chi connectivity index (χ3v) is 12.1. The highest BCUT2D eigenvalue weighted by Gasteiger charge is 2.45. The molecule has 8 rings (SSSR count). The number of nitrogens with one attached hydrogen (secondary N) is 1. The molecule has 3 aliphatic heterocycles. The predicted octanol–water partition coefficient (Wildman–Crippen LogP) is 6.70. The number of carbonyl (C=O) groups is 5. The highest BCUT2D eigenvalue weighted by atomic mass is 32.2. The largest absolute Gasteiger partial charge is 0.457 e. The number of ether oxygens (including phenoxy) is 1. The number of carbonyl (C=O) groups excluding carboxylic acids is 5. The fourth-order valence-corrected chi connectivity index (χ4v) is 8.93. The molecule has 5 amide bonds. The number of para-hydroxylation sites is 1. The topological polar surface area (TPSA) is 183 Å². The summed E-state index contributed by atoms with van der Waals surface area (Å²) < 4.78 is 22.9. The van der Waals surface area contributed by atoms with Gasteiger partial charge in [-0.15, -0.1) is 11.8 Å². The molecule has 304 valence electrons. The molecule has 5 aromatic rings. The van der Waals surface area contributed by atoms with Crippen molar-refractivity contribution >= 4 is 58.1 Å². The number of unbranched alkanes of at least 4 members (excludes halogenated alkanes) is 4. The van der Waals surface area contributed by atoms with Crippen LogP contribution in [0, 0.1) is 5.82 Å². The van der Waals surface area contributed by atoms with Gasteiger partial charge in [-0.1, -0.05) is 37.5 Å². The van der Waals surface area contributed by atoms with E-state index in [9.17, 15) is 24.0 Å². The van der Waals surface area contributed by atoms with Crippen LogP contribution in [0.2, 0.25) is 0 Å². The quantitative estimate of drug-likeness (QED) is 0.0691. The first-order valence-electron chi connectivity index (χ1n) is 19.9. The van der Waals surface area contributed by atoms with Crippen LogP contribution in [0.1, 0.15) is 91.0 Å². The maximum Gasteiger partial charge on any atom is 0.262 e. The van der Waals surface area contributed by atoms with Crippen molar-refractivity contribution < 1.29 is 33.1 Å². The summed E-state index contributed by atoms with van der Waals surface area (Å²) in [6, 6.07) is 18.5. The Bertz CT molecular complexity index is 2430. The lowest BCUT2D eigenvalue weighted by Crippen LogP contribution is -2.54. The van der Waals surface area contributed by atoms with Crippen LogP contribution in [0.3, 0.4) is 0 Å². The number of piperidine rings is 2. The lowest BCUT2D eigenvalue weighted by atomic mass is 10.0. The van der Waals surface area contributed by atoms with Crippen molar-refractivity contribution in [2.45, 2.75) is 81.2 Å². The van der Waals surface area contributed by atoms with Crippen molar-refractivity contribution in [2.24, 2.45) is 0 Å². The molecule has 0 radical (unpaired) electrons. The Morgan fingerprint density at radius 1 is 0.898 bits per heavy atom. The number of likely N-dealkylation sites (tertiary alicyclic amines) is 1. The van der Waals surface area contributed by atoms with Crippen LogP contribution < -0.4 is 15.8 Å². The van der Waals surface area contributed by atoms with Crippen LogP contribution >= 0.6 is 11.8 Å². The smallest absolute Gasteiger partial charge is 0.262 e. The second-order valence-electron chi connectivity index (χ2n) is 15.0. The highest BCUT2D eigenvalue weighted by molar-refractivity contribution is 7.99. The minimum absolute atomic E-state index is 0.0116. The van der Waals surface area contributed by atoms with E-state index in [-0.39, 0.29) is 40.8 Å². The standard InChI is InChI=1S/C43H43FN8O6S/c44-32-22-30-31(43(57)51(42(30)56)33-18-19-35(53)48-41(33)55)23-34(32)59-21-8-3-1-2-7-13-36(54)50-20-9-10-27(24-50)52-40-37(39(45)46-25-47-40)38(49-52)26-14-16-29(17-15-26)58-28-11-5-4-6-12-28/h4-6,11-12,14-17,22-23,25,27,33H,1-3,7-10,13,18-21,24H2,(H2,45,46,47)(H,48,53,55)/t27-,33?/m1/s1. The van der Waals surface area contributed by atoms with E-state index in [0.29, 0.717) is 53.6 Å². The Morgan fingerprint density at radius 2 is 1.63 bits per heavy atom. The van der Waals surface area contributed by atoms with E-state index in [2.05, 4.69) is 15.3 Å². The molecule has 14 nitrogen and oxygen atoms in total. The highest BCUT2D eigenvalue weighted by Crippen LogP contribution is 2.36. The molecule has 0 bridgehead atoms. The molecule has 2 atom stereocenters. The molecule has 3 aromatic carbocycles. The summed E-state index contributed by atoms with van der Waals surface area (Å²) in [7, 11) is 0. The van der Waals surface area contributed by atoms with Crippen LogP contribution in [0.15, 0.2) is 78.0 Å². The number of aromatic nitrogens is 4. The number of rotatable bonds is 14. The molecule has 0 spiro atoms. The average Bonchev–Trinajstić information content (AvgIpc) is 3.74. The molecule has 2 saturated heterocycles. The Hall–Kier alpha value is -6.16. The Balaban J connectivity index is 0.800. The number of hydrogen-bond donors (Lipinski definition) is 2. The zero-order valence-electron chi connectivity index (χ0n) is 32.3. The third kappa shape index (κ3) is 8.40. The number of amides is 5. The number of fused-ring (bicyclic) bond motifs is 2. The van der Waals surface area contributed by atoms with Crippen LogP contribution in [-0.4, -0.2) is 84.0 Å². The van der Waals surface area contributed by atoms with Gasteiger partial charge in [0.05, 0.1) is 22.6 Å². The molecule has 3 N–H and O–H groups in total. The lowest BCUT2D eigenvalue weighted by molar-refractivity contribution is -0.136. The Kier molecular flexibility index (Phi) is 11.7. The Labute approximate surface area is 343 Å². The fourth-order valence-electron chi connectivity index (χ4n) is 7.97. The van der Waals surface area contributed by atoms with Gasteiger partial charge >= 0.3 is 0 Å². The number of nitrogens with two attached hydrogens (primary N) is 1. The van der Waals surface area contributed by atoms with E-state index >= 15 is 4.39 Å². The van der Waals surface area contributed by atoms with Gasteiger partial charge in [0.15, 0.2) is 5.65 Å². The number of imide groups is 2. The molecular weight excluding hydrogens is 776 g/mol. The van der Waals surface area contributed by atoms with E-state index < -0.39 is 35.5 Å². The molecule has 59 heavy (non-hydrogen) atoms. The van der Waals surface area contributed by atoms with Gasteiger partial charge in [-0.3, -0.25) is 34.2 Å². The van der Waals surface area contributed by atoms with Crippen LogP contribution in [0.5, 0.6) is 11.5 Å². The number of benzene rings is 3. The van der Waals surface area contributed by atoms with Gasteiger partial charge in [-0.25, -0.2) is 19.0 Å². The van der Waals surface area contributed by atoms with Crippen LogP contribution in [0.4, 0.5) is 10.2 Å². The van der Waals surface area contributed by atoms with Crippen molar-refractivity contribution in [3.8, 4) is 22.8 Å². The summed E-state index contributed by atoms with van der Waals surface area (Å²) in [5.74, 6) is -0.660. The maximum absolute atomic E-state index is 15.0. The van der Waals surface area contributed by atoms with Gasteiger partial charge in [0.1, 0.15) is 41.2 Å². The summed E-state index contributed by atoms with van der Waals surface area (Å²) in [6.45, 7) is 1.21.